The Labute approximate surface area is 169 Å². The van der Waals surface area contributed by atoms with Crippen molar-refractivity contribution in [1.82, 2.24) is 0 Å². The van der Waals surface area contributed by atoms with Gasteiger partial charge in [-0.2, -0.15) is 0 Å². The van der Waals surface area contributed by atoms with Gasteiger partial charge >= 0.3 is 0 Å². The summed E-state index contributed by atoms with van der Waals surface area (Å²) in [6.45, 7) is 11.4. The maximum Gasteiger partial charge on any atom is 0.192 e. The van der Waals surface area contributed by atoms with Gasteiger partial charge in [-0.25, -0.2) is 0 Å². The Morgan fingerprint density at radius 1 is 1.04 bits per heavy atom. The topological polar surface area (TPSA) is 43.4 Å². The first-order valence-electron chi connectivity index (χ1n) is 10.4. The van der Waals surface area contributed by atoms with E-state index in [4.69, 9.17) is 4.43 Å². The second-order valence-corrected chi connectivity index (χ2v) is 14.7. The number of ketones is 2. The third kappa shape index (κ3) is 3.07. The van der Waals surface area contributed by atoms with Crippen LogP contribution in [0.5, 0.6) is 0 Å². The lowest BCUT2D eigenvalue weighted by Crippen LogP contribution is -2.45. The Kier molecular flexibility index (Phi) is 4.63. The van der Waals surface area contributed by atoms with Crippen molar-refractivity contribution in [2.45, 2.75) is 70.7 Å². The quantitative estimate of drug-likeness (QED) is 0.464. The van der Waals surface area contributed by atoms with Gasteiger partial charge in [0.1, 0.15) is 0 Å². The van der Waals surface area contributed by atoms with Crippen molar-refractivity contribution in [3.05, 3.63) is 58.2 Å². The first-order valence-corrected chi connectivity index (χ1v) is 13.3. The van der Waals surface area contributed by atoms with Crippen LogP contribution in [0.1, 0.15) is 67.2 Å². The number of benzene rings is 1. The molecule has 0 unspecified atom stereocenters. The zero-order valence-electron chi connectivity index (χ0n) is 17.6. The lowest BCUT2D eigenvalue weighted by molar-refractivity contribution is 0.0942. The van der Waals surface area contributed by atoms with E-state index < -0.39 is 8.32 Å². The summed E-state index contributed by atoms with van der Waals surface area (Å²) in [5.41, 5.74) is 3.93. The van der Waals surface area contributed by atoms with Crippen molar-refractivity contribution < 1.29 is 14.0 Å². The van der Waals surface area contributed by atoms with E-state index in [9.17, 15) is 9.59 Å². The summed E-state index contributed by atoms with van der Waals surface area (Å²) in [5, 5.41) is 0.162. The molecule has 4 rings (SSSR count). The van der Waals surface area contributed by atoms with E-state index in [0.29, 0.717) is 23.1 Å². The molecule has 0 saturated heterocycles. The van der Waals surface area contributed by atoms with Crippen LogP contribution in [-0.4, -0.2) is 26.0 Å². The van der Waals surface area contributed by atoms with Crippen molar-refractivity contribution >= 4 is 19.9 Å². The third-order valence-electron chi connectivity index (χ3n) is 7.15. The van der Waals surface area contributed by atoms with E-state index in [-0.39, 0.29) is 28.6 Å². The first kappa shape index (κ1) is 19.5. The molecule has 0 spiro atoms. The average molecular weight is 395 g/mol. The molecule has 148 valence electrons. The number of rotatable bonds is 2. The van der Waals surface area contributed by atoms with Crippen LogP contribution in [0.2, 0.25) is 18.1 Å². The summed E-state index contributed by atoms with van der Waals surface area (Å²) in [7, 11) is -1.87. The standard InChI is InChI=1S/C24H30O3Si/c1-24(2,3)28(4,5)27-16-12-10-15-11-13-19-21(20(15)14-16)23(26)18-9-7-6-8-17(18)22(19)25/h6-9,11,16,20H,10,12-14H2,1-5H3/t16-,20+/m1/s1. The Hall–Kier alpha value is -1.78. The number of Topliss-reactive ketones (excluding diaryl/α,β-unsaturated/α-hetero) is 2. The van der Waals surface area contributed by atoms with Gasteiger partial charge in [0.25, 0.3) is 0 Å². The van der Waals surface area contributed by atoms with E-state index in [2.05, 4.69) is 39.9 Å². The minimum Gasteiger partial charge on any atom is -0.414 e. The molecule has 0 aromatic heterocycles. The van der Waals surface area contributed by atoms with Gasteiger partial charge in [0.15, 0.2) is 19.9 Å². The maximum absolute atomic E-state index is 13.3. The fraction of sp³-hybridized carbons (Fsp3) is 0.500. The summed E-state index contributed by atoms with van der Waals surface area (Å²) < 4.78 is 6.70. The van der Waals surface area contributed by atoms with Crippen LogP contribution >= 0.6 is 0 Å². The van der Waals surface area contributed by atoms with Crippen molar-refractivity contribution in [2.24, 2.45) is 5.92 Å². The third-order valence-corrected chi connectivity index (χ3v) is 11.7. The second kappa shape index (κ2) is 6.63. The van der Waals surface area contributed by atoms with E-state index in [1.54, 1.807) is 12.1 Å². The van der Waals surface area contributed by atoms with Gasteiger partial charge < -0.3 is 4.43 Å². The van der Waals surface area contributed by atoms with E-state index in [0.717, 1.165) is 24.8 Å². The van der Waals surface area contributed by atoms with Gasteiger partial charge in [0.05, 0.1) is 0 Å². The lowest BCUT2D eigenvalue weighted by Gasteiger charge is -2.43. The lowest BCUT2D eigenvalue weighted by atomic mass is 9.67. The number of allylic oxidation sites excluding steroid dienone is 4. The molecule has 3 aliphatic carbocycles. The zero-order chi connectivity index (χ0) is 20.3. The summed E-state index contributed by atoms with van der Waals surface area (Å²) in [5.74, 6) is 0.124. The minimum atomic E-state index is -1.87. The molecule has 2 atom stereocenters. The molecule has 3 aliphatic rings. The van der Waals surface area contributed by atoms with Crippen LogP contribution in [0.4, 0.5) is 0 Å². The number of hydrogen-bond acceptors (Lipinski definition) is 3. The first-order chi connectivity index (χ1) is 13.1. The van der Waals surface area contributed by atoms with Gasteiger partial charge in [-0.05, 0) is 43.8 Å². The van der Waals surface area contributed by atoms with Crippen molar-refractivity contribution in [2.75, 3.05) is 0 Å². The van der Waals surface area contributed by atoms with Crippen LogP contribution in [0.15, 0.2) is 47.1 Å². The monoisotopic (exact) mass is 394 g/mol. The molecule has 1 aromatic carbocycles. The SMILES string of the molecule is CC(C)(C)[Si](C)(C)O[C@@H]1CCC2=CCC3=C(C(=O)c4ccccc4C3=O)[C@H]2C1. The summed E-state index contributed by atoms with van der Waals surface area (Å²) in [6.07, 6.45) is 5.74. The molecule has 0 heterocycles. The summed E-state index contributed by atoms with van der Waals surface area (Å²) >= 11 is 0. The van der Waals surface area contributed by atoms with Crippen molar-refractivity contribution in [3.63, 3.8) is 0 Å². The van der Waals surface area contributed by atoms with Gasteiger partial charge in [-0.15, -0.1) is 0 Å². The van der Waals surface area contributed by atoms with Crippen LogP contribution in [0.25, 0.3) is 0 Å². The molecule has 0 amide bonds. The Morgan fingerprint density at radius 2 is 1.68 bits per heavy atom. The molecule has 4 heteroatoms. The molecular formula is C24H30O3Si. The predicted octanol–water partition coefficient (Wildman–Crippen LogP) is 5.88. The van der Waals surface area contributed by atoms with Gasteiger partial charge in [-0.1, -0.05) is 56.7 Å². The van der Waals surface area contributed by atoms with Crippen LogP contribution in [0, 0.1) is 5.92 Å². The normalized spacial score (nSPS) is 25.1. The second-order valence-electron chi connectivity index (χ2n) is 9.91. The number of carbonyl (C=O) groups excluding carboxylic acids is 2. The molecule has 1 aromatic rings. The van der Waals surface area contributed by atoms with Gasteiger partial charge in [0.2, 0.25) is 0 Å². The fourth-order valence-corrected chi connectivity index (χ4v) is 5.93. The number of fused-ring (bicyclic) bond motifs is 3. The highest BCUT2D eigenvalue weighted by Gasteiger charge is 2.44. The van der Waals surface area contributed by atoms with E-state index in [1.165, 1.54) is 5.57 Å². The smallest absolute Gasteiger partial charge is 0.192 e. The largest absolute Gasteiger partial charge is 0.414 e. The van der Waals surface area contributed by atoms with Crippen molar-refractivity contribution in [1.29, 1.82) is 0 Å². The molecule has 0 bridgehead atoms. The number of hydrogen-bond donors (Lipinski definition) is 0. The van der Waals surface area contributed by atoms with Gasteiger partial charge in [-0.3, -0.25) is 9.59 Å². The van der Waals surface area contributed by atoms with E-state index >= 15 is 0 Å². The molecule has 0 N–H and O–H groups in total. The van der Waals surface area contributed by atoms with Gasteiger partial charge in [0, 0.05) is 34.3 Å². The molecule has 0 aliphatic heterocycles. The molecular weight excluding hydrogens is 364 g/mol. The Balaban J connectivity index is 1.65. The highest BCUT2D eigenvalue weighted by atomic mass is 28.4. The Bertz CT molecular complexity index is 914. The molecule has 1 fully saturated rings. The van der Waals surface area contributed by atoms with Crippen molar-refractivity contribution in [3.8, 4) is 0 Å². The highest BCUT2D eigenvalue weighted by Crippen LogP contribution is 2.47. The fourth-order valence-electron chi connectivity index (χ4n) is 4.53. The molecule has 1 saturated carbocycles. The van der Waals surface area contributed by atoms with Crippen LogP contribution < -0.4 is 0 Å². The molecule has 3 nitrogen and oxygen atoms in total. The molecule has 0 radical (unpaired) electrons. The Morgan fingerprint density at radius 3 is 2.32 bits per heavy atom. The maximum atomic E-state index is 13.3. The highest BCUT2D eigenvalue weighted by molar-refractivity contribution is 6.74. The summed E-state index contributed by atoms with van der Waals surface area (Å²) in [4.78, 5) is 26.4. The average Bonchev–Trinajstić information content (AvgIpc) is 2.64. The van der Waals surface area contributed by atoms with Crippen LogP contribution in [0.3, 0.4) is 0 Å². The minimum absolute atomic E-state index is 0.0351. The molecule has 28 heavy (non-hydrogen) atoms. The van der Waals surface area contributed by atoms with E-state index in [1.807, 2.05) is 12.1 Å². The number of carbonyl (C=O) groups is 2. The van der Waals surface area contributed by atoms with Crippen LogP contribution in [-0.2, 0) is 4.43 Å². The zero-order valence-corrected chi connectivity index (χ0v) is 18.6. The predicted molar refractivity (Wildman–Crippen MR) is 114 cm³/mol. The summed E-state index contributed by atoms with van der Waals surface area (Å²) in [6, 6.07) is 7.26.